The summed E-state index contributed by atoms with van der Waals surface area (Å²) >= 11 is 0. The molecule has 0 saturated carbocycles. The molecule has 1 amide bonds. The highest BCUT2D eigenvalue weighted by Crippen LogP contribution is 2.19. The van der Waals surface area contributed by atoms with Crippen molar-refractivity contribution in [3.63, 3.8) is 0 Å². The maximum Gasteiger partial charge on any atom is 0.225 e. The number of likely N-dealkylation sites (tertiary alicyclic amines) is 1. The second-order valence-electron chi connectivity index (χ2n) is 5.47. The Morgan fingerprint density at radius 1 is 1.37 bits per heavy atom. The first-order valence-electron chi connectivity index (χ1n) is 6.84. The summed E-state index contributed by atoms with van der Waals surface area (Å²) in [6, 6.07) is 8.33. The van der Waals surface area contributed by atoms with Gasteiger partial charge in [0, 0.05) is 37.9 Å². The summed E-state index contributed by atoms with van der Waals surface area (Å²) in [6.07, 6.45) is 2.92. The summed E-state index contributed by atoms with van der Waals surface area (Å²) in [5.74, 6) is 0.108. The van der Waals surface area contributed by atoms with Crippen LogP contribution in [0.2, 0.25) is 0 Å². The van der Waals surface area contributed by atoms with Crippen molar-refractivity contribution in [1.29, 1.82) is 0 Å². The number of hydrogen-bond acceptors (Lipinski definition) is 3. The lowest BCUT2D eigenvalue weighted by Gasteiger charge is -2.19. The first-order chi connectivity index (χ1) is 9.06. The number of carbonyl (C=O) groups excluding carboxylic acids is 1. The molecule has 1 unspecified atom stereocenters. The Bertz CT molecular complexity index is 428. The molecule has 1 atom stereocenters. The molecule has 1 aliphatic heterocycles. The summed E-state index contributed by atoms with van der Waals surface area (Å²) in [7, 11) is 6.10. The fourth-order valence-electron chi connectivity index (χ4n) is 2.51. The van der Waals surface area contributed by atoms with Crippen LogP contribution in [0.4, 0.5) is 11.4 Å². The van der Waals surface area contributed by atoms with Gasteiger partial charge in [-0.05, 0) is 50.7 Å². The topological polar surface area (TPSA) is 35.6 Å². The average molecular weight is 261 g/mol. The minimum Gasteiger partial charge on any atom is -0.378 e. The van der Waals surface area contributed by atoms with E-state index < -0.39 is 0 Å². The molecule has 0 aromatic heterocycles. The molecule has 1 N–H and O–H groups in total. The van der Waals surface area contributed by atoms with Gasteiger partial charge in [0.05, 0.1) is 0 Å². The third kappa shape index (κ3) is 3.70. The predicted octanol–water partition coefficient (Wildman–Crippen LogP) is 2.18. The highest BCUT2D eigenvalue weighted by molar-refractivity contribution is 5.91. The smallest absolute Gasteiger partial charge is 0.225 e. The zero-order chi connectivity index (χ0) is 13.8. The Balaban J connectivity index is 1.88. The largest absolute Gasteiger partial charge is 0.378 e. The molecule has 1 heterocycles. The summed E-state index contributed by atoms with van der Waals surface area (Å²) in [6.45, 7) is 1.11. The molecule has 1 fully saturated rings. The van der Waals surface area contributed by atoms with Crippen molar-refractivity contribution in [2.45, 2.75) is 25.3 Å². The number of nitrogens with zero attached hydrogens (tertiary/aromatic N) is 2. The number of nitrogens with one attached hydrogen (secondary N) is 1. The SMILES string of the molecule is CN(C)c1ccc(NC(=O)CC2CCCN2C)cc1. The molecule has 4 heteroatoms. The van der Waals surface area contributed by atoms with E-state index >= 15 is 0 Å². The predicted molar refractivity (Wildman–Crippen MR) is 79.7 cm³/mol. The van der Waals surface area contributed by atoms with Crippen molar-refractivity contribution in [3.05, 3.63) is 24.3 Å². The molecular weight excluding hydrogens is 238 g/mol. The van der Waals surface area contributed by atoms with Crippen LogP contribution in [0, 0.1) is 0 Å². The van der Waals surface area contributed by atoms with Crippen molar-refractivity contribution in [2.75, 3.05) is 37.9 Å². The minimum absolute atomic E-state index is 0.108. The van der Waals surface area contributed by atoms with Gasteiger partial charge in [-0.15, -0.1) is 0 Å². The van der Waals surface area contributed by atoms with Gasteiger partial charge in [-0.3, -0.25) is 4.79 Å². The van der Waals surface area contributed by atoms with Crippen molar-refractivity contribution in [2.24, 2.45) is 0 Å². The molecule has 0 radical (unpaired) electrons. The Kier molecular flexibility index (Phi) is 4.43. The molecule has 4 nitrogen and oxygen atoms in total. The second-order valence-corrected chi connectivity index (χ2v) is 5.47. The molecular formula is C15H23N3O. The van der Waals surface area contributed by atoms with Crippen molar-refractivity contribution in [3.8, 4) is 0 Å². The number of benzene rings is 1. The maximum absolute atomic E-state index is 12.0. The van der Waals surface area contributed by atoms with E-state index in [0.29, 0.717) is 12.5 Å². The van der Waals surface area contributed by atoms with Gasteiger partial charge in [-0.1, -0.05) is 0 Å². The number of hydrogen-bond donors (Lipinski definition) is 1. The van der Waals surface area contributed by atoms with Crippen molar-refractivity contribution >= 4 is 17.3 Å². The van der Waals surface area contributed by atoms with Gasteiger partial charge in [0.2, 0.25) is 5.91 Å². The highest BCUT2D eigenvalue weighted by atomic mass is 16.1. The zero-order valence-corrected chi connectivity index (χ0v) is 12.0. The molecule has 0 spiro atoms. The van der Waals surface area contributed by atoms with Gasteiger partial charge in [-0.2, -0.15) is 0 Å². The van der Waals surface area contributed by atoms with Gasteiger partial charge in [0.15, 0.2) is 0 Å². The van der Waals surface area contributed by atoms with Crippen LogP contribution in [0.25, 0.3) is 0 Å². The molecule has 1 saturated heterocycles. The normalized spacial score (nSPS) is 19.4. The van der Waals surface area contributed by atoms with E-state index in [1.807, 2.05) is 43.3 Å². The molecule has 19 heavy (non-hydrogen) atoms. The van der Waals surface area contributed by atoms with Crippen molar-refractivity contribution in [1.82, 2.24) is 4.90 Å². The van der Waals surface area contributed by atoms with Crippen LogP contribution < -0.4 is 10.2 Å². The fourth-order valence-corrected chi connectivity index (χ4v) is 2.51. The first kappa shape index (κ1) is 13.9. The van der Waals surface area contributed by atoms with Crippen molar-refractivity contribution < 1.29 is 4.79 Å². The lowest BCUT2D eigenvalue weighted by Crippen LogP contribution is -2.29. The van der Waals surface area contributed by atoms with E-state index in [-0.39, 0.29) is 5.91 Å². The minimum atomic E-state index is 0.108. The monoisotopic (exact) mass is 261 g/mol. The standard InChI is InChI=1S/C15H23N3O/c1-17(2)13-8-6-12(7-9-13)16-15(19)11-14-5-4-10-18(14)3/h6-9,14H,4-5,10-11H2,1-3H3,(H,16,19). The van der Waals surface area contributed by atoms with E-state index in [9.17, 15) is 4.79 Å². The summed E-state index contributed by atoms with van der Waals surface area (Å²) in [5.41, 5.74) is 2.00. The molecule has 0 bridgehead atoms. The molecule has 2 rings (SSSR count). The molecule has 104 valence electrons. The van der Waals surface area contributed by atoms with Gasteiger partial charge < -0.3 is 15.1 Å². The van der Waals surface area contributed by atoms with Crippen LogP contribution in [0.15, 0.2) is 24.3 Å². The van der Waals surface area contributed by atoms with Gasteiger partial charge in [0.1, 0.15) is 0 Å². The maximum atomic E-state index is 12.0. The Morgan fingerprint density at radius 2 is 2.05 bits per heavy atom. The van der Waals surface area contributed by atoms with Crippen LogP contribution in [0.5, 0.6) is 0 Å². The molecule has 1 aliphatic rings. The van der Waals surface area contributed by atoms with Crippen LogP contribution in [-0.2, 0) is 4.79 Å². The van der Waals surface area contributed by atoms with E-state index in [4.69, 9.17) is 0 Å². The van der Waals surface area contributed by atoms with Crippen LogP contribution >= 0.6 is 0 Å². The lowest BCUT2D eigenvalue weighted by atomic mass is 10.1. The van der Waals surface area contributed by atoms with Gasteiger partial charge >= 0.3 is 0 Å². The zero-order valence-electron chi connectivity index (χ0n) is 12.0. The average Bonchev–Trinajstić information content (AvgIpc) is 2.75. The summed E-state index contributed by atoms with van der Waals surface area (Å²) in [4.78, 5) is 16.3. The number of amides is 1. The van der Waals surface area contributed by atoms with Crippen LogP contribution in [0.1, 0.15) is 19.3 Å². The lowest BCUT2D eigenvalue weighted by molar-refractivity contribution is -0.117. The summed E-state index contributed by atoms with van der Waals surface area (Å²) < 4.78 is 0. The third-order valence-electron chi connectivity index (χ3n) is 3.76. The molecule has 0 aliphatic carbocycles. The summed E-state index contributed by atoms with van der Waals surface area (Å²) in [5, 5.41) is 2.97. The Labute approximate surface area is 115 Å². The van der Waals surface area contributed by atoms with Gasteiger partial charge in [0.25, 0.3) is 0 Å². The van der Waals surface area contributed by atoms with E-state index in [1.165, 1.54) is 6.42 Å². The van der Waals surface area contributed by atoms with Crippen LogP contribution in [0.3, 0.4) is 0 Å². The third-order valence-corrected chi connectivity index (χ3v) is 3.76. The van der Waals surface area contributed by atoms with E-state index in [0.717, 1.165) is 24.3 Å². The highest BCUT2D eigenvalue weighted by Gasteiger charge is 2.23. The molecule has 1 aromatic rings. The van der Waals surface area contributed by atoms with Crippen LogP contribution in [-0.4, -0.2) is 44.5 Å². The fraction of sp³-hybridized carbons (Fsp3) is 0.533. The Hall–Kier alpha value is -1.55. The number of anilines is 2. The van der Waals surface area contributed by atoms with E-state index in [1.54, 1.807) is 0 Å². The molecule has 1 aromatic carbocycles. The Morgan fingerprint density at radius 3 is 2.58 bits per heavy atom. The van der Waals surface area contributed by atoms with E-state index in [2.05, 4.69) is 17.3 Å². The second kappa shape index (κ2) is 6.06. The number of carbonyl (C=O) groups is 1. The van der Waals surface area contributed by atoms with Gasteiger partial charge in [-0.25, -0.2) is 0 Å². The first-order valence-corrected chi connectivity index (χ1v) is 6.84. The number of rotatable bonds is 4. The quantitative estimate of drug-likeness (QED) is 0.902.